The molecule has 0 aliphatic carbocycles. The maximum absolute atomic E-state index is 13.3. The third kappa shape index (κ3) is 2.55. The highest BCUT2D eigenvalue weighted by molar-refractivity contribution is 5.96. The molecule has 0 aliphatic heterocycles. The van der Waals surface area contributed by atoms with Crippen molar-refractivity contribution in [2.45, 2.75) is 19.9 Å². The number of hydroxylamine groups is 1. The van der Waals surface area contributed by atoms with Crippen LogP contribution in [0.3, 0.4) is 0 Å². The smallest absolute Gasteiger partial charge is 0.291 e. The van der Waals surface area contributed by atoms with Crippen molar-refractivity contribution in [3.05, 3.63) is 46.1 Å². The lowest BCUT2D eigenvalue weighted by molar-refractivity contribution is 0.0527. The second kappa shape index (κ2) is 5.83. The summed E-state index contributed by atoms with van der Waals surface area (Å²) < 4.78 is 14.6. The summed E-state index contributed by atoms with van der Waals surface area (Å²) in [6, 6.07) is 5.47. The molecule has 1 aromatic carbocycles. The topological polar surface area (TPSA) is 60.3 Å². The van der Waals surface area contributed by atoms with Crippen molar-refractivity contribution in [2.24, 2.45) is 0 Å². The van der Waals surface area contributed by atoms with Crippen LogP contribution in [0.15, 0.2) is 29.1 Å². The van der Waals surface area contributed by atoms with E-state index in [0.29, 0.717) is 18.4 Å². The predicted molar refractivity (Wildman–Crippen MR) is 72.9 cm³/mol. The van der Waals surface area contributed by atoms with Gasteiger partial charge in [0.05, 0.1) is 12.5 Å². The lowest BCUT2D eigenvalue weighted by Crippen LogP contribution is -2.32. The van der Waals surface area contributed by atoms with Gasteiger partial charge in [-0.1, -0.05) is 13.0 Å². The standard InChI is InChI=1S/C14H15FN2O3/c1-3-6-17-12(13(18)16-20-2)7-9-4-5-10(15)8-11(9)14(17)19/h4-5,7-8H,3,6H2,1-2H3,(H,16,18). The third-order valence-electron chi connectivity index (χ3n) is 2.95. The minimum Gasteiger partial charge on any atom is -0.303 e. The van der Waals surface area contributed by atoms with Crippen molar-refractivity contribution in [3.8, 4) is 0 Å². The van der Waals surface area contributed by atoms with E-state index in [2.05, 4.69) is 10.3 Å². The van der Waals surface area contributed by atoms with Crippen LogP contribution >= 0.6 is 0 Å². The normalized spacial score (nSPS) is 10.8. The molecule has 20 heavy (non-hydrogen) atoms. The second-order valence-corrected chi connectivity index (χ2v) is 4.35. The molecule has 1 N–H and O–H groups in total. The minimum absolute atomic E-state index is 0.192. The van der Waals surface area contributed by atoms with E-state index in [1.807, 2.05) is 6.92 Å². The molecule has 0 bridgehead atoms. The van der Waals surface area contributed by atoms with Crippen LogP contribution < -0.4 is 11.0 Å². The highest BCUT2D eigenvalue weighted by Gasteiger charge is 2.15. The van der Waals surface area contributed by atoms with Crippen LogP contribution in [-0.4, -0.2) is 17.6 Å². The molecule has 0 saturated heterocycles. The van der Waals surface area contributed by atoms with Gasteiger partial charge in [0.2, 0.25) is 0 Å². The van der Waals surface area contributed by atoms with Gasteiger partial charge in [-0.3, -0.25) is 14.4 Å². The van der Waals surface area contributed by atoms with Crippen LogP contribution in [0.4, 0.5) is 4.39 Å². The lowest BCUT2D eigenvalue weighted by atomic mass is 10.1. The number of rotatable bonds is 4. The number of benzene rings is 1. The fourth-order valence-electron chi connectivity index (χ4n) is 2.10. The average molecular weight is 278 g/mol. The van der Waals surface area contributed by atoms with Gasteiger partial charge >= 0.3 is 0 Å². The molecule has 6 heteroatoms. The molecule has 0 atom stereocenters. The molecule has 2 rings (SSSR count). The Hall–Kier alpha value is -2.21. The van der Waals surface area contributed by atoms with E-state index in [4.69, 9.17) is 0 Å². The predicted octanol–water partition coefficient (Wildman–Crippen LogP) is 1.84. The molecule has 1 amide bonds. The van der Waals surface area contributed by atoms with Crippen LogP contribution in [0.5, 0.6) is 0 Å². The maximum atomic E-state index is 13.3. The zero-order chi connectivity index (χ0) is 14.7. The fraction of sp³-hybridized carbons (Fsp3) is 0.286. The van der Waals surface area contributed by atoms with Gasteiger partial charge < -0.3 is 4.57 Å². The molecule has 0 spiro atoms. The fourth-order valence-corrected chi connectivity index (χ4v) is 2.10. The first kappa shape index (κ1) is 14.2. The summed E-state index contributed by atoms with van der Waals surface area (Å²) in [5, 5.41) is 0.775. The minimum atomic E-state index is -0.510. The van der Waals surface area contributed by atoms with E-state index in [9.17, 15) is 14.0 Å². The van der Waals surface area contributed by atoms with Gasteiger partial charge in [0.15, 0.2) is 0 Å². The Bertz CT molecular complexity index is 709. The Morgan fingerprint density at radius 1 is 1.40 bits per heavy atom. The summed E-state index contributed by atoms with van der Waals surface area (Å²) in [7, 11) is 1.32. The van der Waals surface area contributed by atoms with Crippen molar-refractivity contribution in [1.82, 2.24) is 10.0 Å². The number of carbonyl (C=O) groups excluding carboxylic acids is 1. The molecule has 0 fully saturated rings. The SMILES string of the molecule is CCCn1c(C(=O)NOC)cc2ccc(F)cc2c1=O. The summed E-state index contributed by atoms with van der Waals surface area (Å²) in [5.41, 5.74) is 2.00. The molecular weight excluding hydrogens is 263 g/mol. The number of amides is 1. The number of hydrogen-bond donors (Lipinski definition) is 1. The number of nitrogens with zero attached hydrogens (tertiary/aromatic N) is 1. The number of carbonyl (C=O) groups is 1. The van der Waals surface area contributed by atoms with E-state index in [1.165, 1.54) is 29.9 Å². The second-order valence-electron chi connectivity index (χ2n) is 4.35. The Kier molecular flexibility index (Phi) is 4.14. The van der Waals surface area contributed by atoms with Gasteiger partial charge in [0.25, 0.3) is 11.5 Å². The Labute approximate surface area is 114 Å². The number of nitrogens with one attached hydrogen (secondary N) is 1. The first-order chi connectivity index (χ1) is 9.58. The monoisotopic (exact) mass is 278 g/mol. The van der Waals surface area contributed by atoms with Crippen molar-refractivity contribution < 1.29 is 14.0 Å². The van der Waals surface area contributed by atoms with E-state index >= 15 is 0 Å². The quantitative estimate of drug-likeness (QED) is 0.868. The first-order valence-electron chi connectivity index (χ1n) is 6.25. The number of halogens is 1. The number of pyridine rings is 1. The molecule has 1 heterocycles. The first-order valence-corrected chi connectivity index (χ1v) is 6.25. The largest absolute Gasteiger partial charge is 0.303 e. The lowest BCUT2D eigenvalue weighted by Gasteiger charge is -2.13. The van der Waals surface area contributed by atoms with Crippen LogP contribution in [0.1, 0.15) is 23.8 Å². The zero-order valence-corrected chi connectivity index (χ0v) is 11.3. The summed E-state index contributed by atoms with van der Waals surface area (Å²) >= 11 is 0. The van der Waals surface area contributed by atoms with Gasteiger partial charge in [-0.2, -0.15) is 0 Å². The molecule has 5 nitrogen and oxygen atoms in total. The van der Waals surface area contributed by atoms with Gasteiger partial charge in [-0.05, 0) is 30.0 Å². The zero-order valence-electron chi connectivity index (χ0n) is 11.3. The van der Waals surface area contributed by atoms with Gasteiger partial charge in [0.1, 0.15) is 11.5 Å². The van der Waals surface area contributed by atoms with E-state index < -0.39 is 11.7 Å². The summed E-state index contributed by atoms with van der Waals surface area (Å²) in [6.07, 6.45) is 0.675. The molecule has 0 radical (unpaired) electrons. The van der Waals surface area contributed by atoms with Crippen LogP contribution in [0.2, 0.25) is 0 Å². The van der Waals surface area contributed by atoms with Gasteiger partial charge in [-0.25, -0.2) is 9.87 Å². The van der Waals surface area contributed by atoms with Crippen LogP contribution in [0.25, 0.3) is 10.8 Å². The van der Waals surface area contributed by atoms with E-state index in [1.54, 1.807) is 6.07 Å². The summed E-state index contributed by atoms with van der Waals surface area (Å²) in [4.78, 5) is 28.9. The Balaban J connectivity index is 2.73. The van der Waals surface area contributed by atoms with Gasteiger partial charge in [-0.15, -0.1) is 0 Å². The van der Waals surface area contributed by atoms with E-state index in [-0.39, 0.29) is 16.6 Å². The summed E-state index contributed by atoms with van der Waals surface area (Å²) in [6.45, 7) is 2.26. The van der Waals surface area contributed by atoms with E-state index in [0.717, 1.165) is 0 Å². The molecule has 1 aromatic heterocycles. The molecule has 106 valence electrons. The molecule has 0 saturated carbocycles. The molecule has 0 aliphatic rings. The van der Waals surface area contributed by atoms with Crippen molar-refractivity contribution >= 4 is 16.7 Å². The van der Waals surface area contributed by atoms with Crippen molar-refractivity contribution in [1.29, 1.82) is 0 Å². The number of fused-ring (bicyclic) bond motifs is 1. The Morgan fingerprint density at radius 2 is 2.15 bits per heavy atom. The van der Waals surface area contributed by atoms with Crippen molar-refractivity contribution in [3.63, 3.8) is 0 Å². The maximum Gasteiger partial charge on any atom is 0.291 e. The van der Waals surface area contributed by atoms with Crippen LogP contribution in [-0.2, 0) is 11.4 Å². The Morgan fingerprint density at radius 3 is 2.80 bits per heavy atom. The molecular formula is C14H15FN2O3. The number of aromatic nitrogens is 1. The van der Waals surface area contributed by atoms with Gasteiger partial charge in [0, 0.05) is 6.54 Å². The highest BCUT2D eigenvalue weighted by atomic mass is 19.1. The summed E-state index contributed by atoms with van der Waals surface area (Å²) in [5.74, 6) is -0.990. The highest BCUT2D eigenvalue weighted by Crippen LogP contribution is 2.14. The average Bonchev–Trinajstić information content (AvgIpc) is 2.42. The molecule has 0 unspecified atom stereocenters. The third-order valence-corrected chi connectivity index (χ3v) is 2.95. The number of hydrogen-bond acceptors (Lipinski definition) is 3. The molecule has 2 aromatic rings. The van der Waals surface area contributed by atoms with Crippen LogP contribution in [0, 0.1) is 5.82 Å². The van der Waals surface area contributed by atoms with Crippen molar-refractivity contribution in [2.75, 3.05) is 7.11 Å².